The predicted molar refractivity (Wildman–Crippen MR) is 56.5 cm³/mol. The molecule has 0 aromatic heterocycles. The van der Waals surface area contributed by atoms with E-state index in [4.69, 9.17) is 0 Å². The van der Waals surface area contributed by atoms with Gasteiger partial charge in [0.05, 0.1) is 15.6 Å². The summed E-state index contributed by atoms with van der Waals surface area (Å²) < 4.78 is 0. The molecule has 0 aliphatic heterocycles. The highest BCUT2D eigenvalue weighted by molar-refractivity contribution is 6.12. The predicted octanol–water partition coefficient (Wildman–Crippen LogP) is 1.46. The van der Waals surface area contributed by atoms with Crippen molar-refractivity contribution in [3.63, 3.8) is 0 Å². The average molecular weight is 228 g/mol. The molecular weight excluding hydrogens is 216 g/mol. The Bertz CT molecular complexity index is 351. The van der Waals surface area contributed by atoms with Crippen LogP contribution in [0.3, 0.4) is 0 Å². The molecule has 8 heteroatoms. The van der Waals surface area contributed by atoms with E-state index < -0.39 is 15.5 Å². The van der Waals surface area contributed by atoms with Gasteiger partial charge in [0.15, 0.2) is 10.1 Å². The Hall–Kier alpha value is -1.86. The Balaban J connectivity index is 3.10. The van der Waals surface area contributed by atoms with E-state index in [9.17, 15) is 20.2 Å². The lowest BCUT2D eigenvalue weighted by Gasteiger charge is -2.28. The van der Waals surface area contributed by atoms with Crippen LogP contribution < -0.4 is 0 Å². The van der Waals surface area contributed by atoms with E-state index in [0.29, 0.717) is 30.7 Å². The number of nitro groups is 2. The van der Waals surface area contributed by atoms with E-state index in [0.717, 1.165) is 0 Å². The van der Waals surface area contributed by atoms with Gasteiger partial charge in [-0.2, -0.15) is 0 Å². The van der Waals surface area contributed by atoms with Crippen molar-refractivity contribution in [2.24, 2.45) is 15.6 Å². The summed E-state index contributed by atoms with van der Waals surface area (Å²) in [5, 5.41) is 25.7. The van der Waals surface area contributed by atoms with E-state index in [1.807, 2.05) is 0 Å². The van der Waals surface area contributed by atoms with Crippen molar-refractivity contribution in [3.05, 3.63) is 20.2 Å². The molecule has 1 aliphatic rings. The highest BCUT2D eigenvalue weighted by atomic mass is 16.7. The van der Waals surface area contributed by atoms with Gasteiger partial charge in [-0.3, -0.25) is 0 Å². The van der Waals surface area contributed by atoms with Crippen molar-refractivity contribution in [3.8, 4) is 0 Å². The molecule has 0 heterocycles. The van der Waals surface area contributed by atoms with Crippen LogP contribution in [0.2, 0.25) is 0 Å². The third-order valence-corrected chi connectivity index (χ3v) is 2.67. The number of hydrogen-bond acceptors (Lipinski definition) is 4. The Morgan fingerprint density at radius 3 is 1.75 bits per heavy atom. The fourth-order valence-corrected chi connectivity index (χ4v) is 1.76. The third-order valence-electron chi connectivity index (χ3n) is 2.67. The van der Waals surface area contributed by atoms with Gasteiger partial charge in [0.1, 0.15) is 11.4 Å². The van der Waals surface area contributed by atoms with E-state index in [2.05, 4.69) is 10.2 Å². The minimum Gasteiger partial charge on any atom is -0.233 e. The van der Waals surface area contributed by atoms with Crippen LogP contribution in [0.5, 0.6) is 0 Å². The van der Waals surface area contributed by atoms with Gasteiger partial charge in [-0.15, -0.1) is 0 Å². The van der Waals surface area contributed by atoms with Gasteiger partial charge in [0.25, 0.3) is 0 Å². The van der Waals surface area contributed by atoms with Gasteiger partial charge in [-0.25, -0.2) is 20.2 Å². The molecule has 1 fully saturated rings. The van der Waals surface area contributed by atoms with Gasteiger partial charge >= 0.3 is 0 Å². The second kappa shape index (κ2) is 4.33. The summed E-state index contributed by atoms with van der Waals surface area (Å²) in [5.74, 6) is 0. The molecule has 1 aliphatic carbocycles. The Morgan fingerprint density at radius 2 is 1.44 bits per heavy atom. The molecular formula is C8H12N4O4. The average Bonchev–Trinajstić information content (AvgIpc) is 2.11. The minimum absolute atomic E-state index is 0.337. The van der Waals surface area contributed by atoms with Crippen molar-refractivity contribution in [2.75, 3.05) is 0 Å². The van der Waals surface area contributed by atoms with Crippen LogP contribution in [-0.4, -0.2) is 21.5 Å². The molecule has 0 N–H and O–H groups in total. The fraction of sp³-hybridized carbons (Fsp3) is 0.750. The second-order valence-corrected chi connectivity index (χ2v) is 4.05. The maximum absolute atomic E-state index is 10.3. The second-order valence-electron chi connectivity index (χ2n) is 4.05. The van der Waals surface area contributed by atoms with E-state index >= 15 is 0 Å². The maximum Gasteiger partial charge on any atom is 0.190 e. The van der Waals surface area contributed by atoms with E-state index in [-0.39, 0.29) is 0 Å². The lowest BCUT2D eigenvalue weighted by Crippen LogP contribution is -2.38. The molecule has 0 aromatic carbocycles. The van der Waals surface area contributed by atoms with Crippen molar-refractivity contribution in [2.45, 2.75) is 33.1 Å². The highest BCUT2D eigenvalue weighted by Crippen LogP contribution is 2.31. The molecule has 1 rings (SSSR count). The van der Waals surface area contributed by atoms with Gasteiger partial charge in [-0.1, -0.05) is 0 Å². The van der Waals surface area contributed by atoms with E-state index in [1.54, 1.807) is 13.8 Å². The first-order valence-corrected chi connectivity index (χ1v) is 4.78. The lowest BCUT2D eigenvalue weighted by molar-refractivity contribution is -0.486. The Kier molecular flexibility index (Phi) is 3.31. The highest BCUT2D eigenvalue weighted by Gasteiger charge is 2.38. The zero-order valence-electron chi connectivity index (χ0n) is 9.04. The van der Waals surface area contributed by atoms with Crippen LogP contribution in [-0.2, 0) is 0 Å². The van der Waals surface area contributed by atoms with Gasteiger partial charge in [0, 0.05) is 0 Å². The summed E-state index contributed by atoms with van der Waals surface area (Å²) in [7, 11) is 0. The van der Waals surface area contributed by atoms with Gasteiger partial charge < -0.3 is 0 Å². The molecule has 0 atom stereocenters. The molecule has 8 nitrogen and oxygen atoms in total. The molecule has 0 unspecified atom stereocenters. The minimum atomic E-state index is -0.807. The standard InChI is InChI=1S/C8H12N4O4/c1-8(2)6(9-11(13)14)4-3-5-7(8)10-12(15)16/h3-5H2,1-2H3. The zero-order valence-corrected chi connectivity index (χ0v) is 9.04. The first-order chi connectivity index (χ1) is 7.34. The molecule has 0 aromatic rings. The number of rotatable bonds is 2. The Labute approximate surface area is 91.3 Å². The number of nitrogens with zero attached hydrogens (tertiary/aromatic N) is 4. The first kappa shape index (κ1) is 12.2. The summed E-state index contributed by atoms with van der Waals surface area (Å²) >= 11 is 0. The smallest absolute Gasteiger partial charge is 0.190 e. The summed E-state index contributed by atoms with van der Waals surface area (Å²) in [6.07, 6.45) is 1.55. The molecule has 16 heavy (non-hydrogen) atoms. The Morgan fingerprint density at radius 1 is 1.06 bits per heavy atom. The normalized spacial score (nSPS) is 24.6. The first-order valence-electron chi connectivity index (χ1n) is 4.78. The van der Waals surface area contributed by atoms with Crippen molar-refractivity contribution < 1.29 is 10.1 Å². The topological polar surface area (TPSA) is 111 Å². The van der Waals surface area contributed by atoms with Crippen molar-refractivity contribution in [1.82, 2.24) is 0 Å². The molecule has 0 amide bonds. The van der Waals surface area contributed by atoms with Crippen molar-refractivity contribution >= 4 is 11.4 Å². The van der Waals surface area contributed by atoms with Crippen LogP contribution in [0.1, 0.15) is 33.1 Å². The quantitative estimate of drug-likeness (QED) is 0.526. The molecule has 0 saturated heterocycles. The van der Waals surface area contributed by atoms with Crippen LogP contribution in [0.15, 0.2) is 10.2 Å². The lowest BCUT2D eigenvalue weighted by atomic mass is 9.74. The van der Waals surface area contributed by atoms with Crippen molar-refractivity contribution in [1.29, 1.82) is 0 Å². The molecule has 1 saturated carbocycles. The van der Waals surface area contributed by atoms with Crippen LogP contribution in [0, 0.1) is 25.6 Å². The van der Waals surface area contributed by atoms with E-state index in [1.165, 1.54) is 0 Å². The number of hydrazone groups is 2. The summed E-state index contributed by atoms with van der Waals surface area (Å²) in [6.45, 7) is 3.33. The summed E-state index contributed by atoms with van der Waals surface area (Å²) in [5.41, 5.74) is -0.132. The number of hydrogen-bond donors (Lipinski definition) is 0. The third kappa shape index (κ3) is 2.59. The monoisotopic (exact) mass is 228 g/mol. The van der Waals surface area contributed by atoms with Crippen LogP contribution in [0.4, 0.5) is 0 Å². The SMILES string of the molecule is CC1(C)C(=N[N+](=O)[O-])CCCC1=N[N+](=O)[O-]. The summed E-state index contributed by atoms with van der Waals surface area (Å²) in [6, 6.07) is 0. The largest absolute Gasteiger partial charge is 0.233 e. The molecule has 88 valence electrons. The maximum atomic E-state index is 10.3. The fourth-order valence-electron chi connectivity index (χ4n) is 1.76. The summed E-state index contributed by atoms with van der Waals surface area (Å²) in [4.78, 5) is 20.7. The molecule has 0 radical (unpaired) electrons. The zero-order chi connectivity index (χ0) is 12.3. The molecule has 0 spiro atoms. The van der Waals surface area contributed by atoms with Crippen LogP contribution in [0.25, 0.3) is 0 Å². The molecule has 0 bridgehead atoms. The van der Waals surface area contributed by atoms with Crippen LogP contribution >= 0.6 is 0 Å². The van der Waals surface area contributed by atoms with Gasteiger partial charge in [0.2, 0.25) is 0 Å². The van der Waals surface area contributed by atoms with Gasteiger partial charge in [-0.05, 0) is 33.1 Å².